The molecule has 1 saturated heterocycles. The molecule has 0 spiro atoms. The standard InChI is InChI=1S/C13H15NO5/c1-19-11-3-2-9(5-10(11)13(17)18)14-6-8(7-15)4-12(14)16/h2-3,5,8,15H,4,6-7H2,1H3,(H,17,18). The van der Waals surface area contributed by atoms with Crippen LogP contribution in [0.4, 0.5) is 5.69 Å². The van der Waals surface area contributed by atoms with E-state index in [1.165, 1.54) is 24.1 Å². The van der Waals surface area contributed by atoms with Gasteiger partial charge in [-0.25, -0.2) is 4.79 Å². The number of aliphatic hydroxyl groups excluding tert-OH is 1. The van der Waals surface area contributed by atoms with Crippen molar-refractivity contribution in [1.29, 1.82) is 0 Å². The largest absolute Gasteiger partial charge is 0.496 e. The van der Waals surface area contributed by atoms with Crippen LogP contribution in [-0.2, 0) is 4.79 Å². The third kappa shape index (κ3) is 2.53. The van der Waals surface area contributed by atoms with Gasteiger partial charge in [0.25, 0.3) is 0 Å². The van der Waals surface area contributed by atoms with Crippen molar-refractivity contribution in [3.8, 4) is 5.75 Å². The number of hydrogen-bond donors (Lipinski definition) is 2. The number of hydrogen-bond acceptors (Lipinski definition) is 4. The fourth-order valence-corrected chi connectivity index (χ4v) is 2.18. The molecule has 2 rings (SSSR count). The van der Waals surface area contributed by atoms with Crippen LogP contribution in [0.3, 0.4) is 0 Å². The van der Waals surface area contributed by atoms with Crippen LogP contribution in [0.2, 0.25) is 0 Å². The van der Waals surface area contributed by atoms with Crippen molar-refractivity contribution in [3.05, 3.63) is 23.8 Å². The maximum Gasteiger partial charge on any atom is 0.339 e. The zero-order valence-corrected chi connectivity index (χ0v) is 10.5. The average molecular weight is 265 g/mol. The number of carbonyl (C=O) groups is 2. The lowest BCUT2D eigenvalue weighted by molar-refractivity contribution is -0.117. The molecule has 0 saturated carbocycles. The number of methoxy groups -OCH3 is 1. The number of carboxylic acids is 1. The van der Waals surface area contributed by atoms with Crippen molar-refractivity contribution in [3.63, 3.8) is 0 Å². The highest BCUT2D eigenvalue weighted by Gasteiger charge is 2.30. The van der Waals surface area contributed by atoms with Gasteiger partial charge in [-0.2, -0.15) is 0 Å². The Hall–Kier alpha value is -2.08. The van der Waals surface area contributed by atoms with E-state index in [0.717, 1.165) is 0 Å². The Kier molecular flexibility index (Phi) is 3.71. The van der Waals surface area contributed by atoms with E-state index in [2.05, 4.69) is 0 Å². The van der Waals surface area contributed by atoms with Gasteiger partial charge in [0.2, 0.25) is 5.91 Å². The number of anilines is 1. The topological polar surface area (TPSA) is 87.1 Å². The molecule has 1 fully saturated rings. The predicted octanol–water partition coefficient (Wildman–Crippen LogP) is 0.739. The fraction of sp³-hybridized carbons (Fsp3) is 0.385. The van der Waals surface area contributed by atoms with Gasteiger partial charge in [-0.1, -0.05) is 0 Å². The van der Waals surface area contributed by atoms with Gasteiger partial charge in [0, 0.05) is 31.2 Å². The van der Waals surface area contributed by atoms with Crippen LogP contribution < -0.4 is 9.64 Å². The van der Waals surface area contributed by atoms with Gasteiger partial charge >= 0.3 is 5.97 Å². The minimum Gasteiger partial charge on any atom is -0.496 e. The summed E-state index contributed by atoms with van der Waals surface area (Å²) >= 11 is 0. The van der Waals surface area contributed by atoms with Crippen molar-refractivity contribution < 1.29 is 24.5 Å². The van der Waals surface area contributed by atoms with Gasteiger partial charge in [0.1, 0.15) is 11.3 Å². The summed E-state index contributed by atoms with van der Waals surface area (Å²) in [5.41, 5.74) is 0.527. The third-order valence-corrected chi connectivity index (χ3v) is 3.19. The first-order valence-corrected chi connectivity index (χ1v) is 5.89. The summed E-state index contributed by atoms with van der Waals surface area (Å²) in [4.78, 5) is 24.4. The van der Waals surface area contributed by atoms with E-state index < -0.39 is 5.97 Å². The molecule has 1 atom stereocenters. The number of benzene rings is 1. The quantitative estimate of drug-likeness (QED) is 0.838. The average Bonchev–Trinajstić information content (AvgIpc) is 2.79. The first kappa shape index (κ1) is 13.4. The van der Waals surface area contributed by atoms with Crippen molar-refractivity contribution in [2.75, 3.05) is 25.2 Å². The monoisotopic (exact) mass is 265 g/mol. The first-order valence-electron chi connectivity index (χ1n) is 5.89. The summed E-state index contributed by atoms with van der Waals surface area (Å²) in [6, 6.07) is 4.58. The van der Waals surface area contributed by atoms with Crippen molar-refractivity contribution >= 4 is 17.6 Å². The molecule has 102 valence electrons. The number of rotatable bonds is 4. The highest BCUT2D eigenvalue weighted by atomic mass is 16.5. The van der Waals surface area contributed by atoms with Gasteiger partial charge in [-0.05, 0) is 18.2 Å². The van der Waals surface area contributed by atoms with Crippen LogP contribution in [-0.4, -0.2) is 42.4 Å². The van der Waals surface area contributed by atoms with E-state index >= 15 is 0 Å². The van der Waals surface area contributed by atoms with Crippen molar-refractivity contribution in [2.45, 2.75) is 6.42 Å². The molecule has 1 aromatic carbocycles. The molecule has 0 aromatic heterocycles. The molecule has 0 radical (unpaired) electrons. The normalized spacial score (nSPS) is 18.7. The van der Waals surface area contributed by atoms with E-state index in [1.807, 2.05) is 0 Å². The van der Waals surface area contributed by atoms with Crippen LogP contribution in [0.25, 0.3) is 0 Å². The van der Waals surface area contributed by atoms with Crippen molar-refractivity contribution in [1.82, 2.24) is 0 Å². The Morgan fingerprint density at radius 2 is 2.26 bits per heavy atom. The lowest BCUT2D eigenvalue weighted by Gasteiger charge is -2.18. The summed E-state index contributed by atoms with van der Waals surface area (Å²) in [5, 5.41) is 18.2. The molecule has 0 aliphatic carbocycles. The summed E-state index contributed by atoms with van der Waals surface area (Å²) in [6.07, 6.45) is 0.283. The molecule has 1 heterocycles. The van der Waals surface area contributed by atoms with Gasteiger partial charge in [0.15, 0.2) is 0 Å². The maximum atomic E-state index is 11.8. The highest BCUT2D eigenvalue weighted by molar-refractivity contribution is 5.98. The molecule has 2 N–H and O–H groups in total. The summed E-state index contributed by atoms with van der Waals surface area (Å²) < 4.78 is 4.97. The first-order chi connectivity index (χ1) is 9.06. The Morgan fingerprint density at radius 3 is 2.79 bits per heavy atom. The van der Waals surface area contributed by atoms with E-state index in [9.17, 15) is 9.59 Å². The Bertz CT molecular complexity index is 514. The molecule has 1 unspecified atom stereocenters. The fourth-order valence-electron chi connectivity index (χ4n) is 2.18. The number of aromatic carboxylic acids is 1. The molecule has 6 nitrogen and oxygen atoms in total. The highest BCUT2D eigenvalue weighted by Crippen LogP contribution is 2.29. The molecule has 1 aromatic rings. The number of carboxylic acid groups (broad SMARTS) is 1. The molecular formula is C13H15NO5. The van der Waals surface area contributed by atoms with E-state index in [1.54, 1.807) is 6.07 Å². The smallest absolute Gasteiger partial charge is 0.339 e. The summed E-state index contributed by atoms with van der Waals surface area (Å²) in [7, 11) is 1.39. The van der Waals surface area contributed by atoms with E-state index in [0.29, 0.717) is 12.2 Å². The molecule has 1 amide bonds. The Labute approximate surface area is 110 Å². The summed E-state index contributed by atoms with van der Waals surface area (Å²) in [5.74, 6) is -1.06. The van der Waals surface area contributed by atoms with Crippen LogP contribution in [0, 0.1) is 5.92 Å². The minimum absolute atomic E-state index is 0.0141. The Balaban J connectivity index is 2.33. The number of nitrogens with zero attached hydrogens (tertiary/aromatic N) is 1. The molecule has 1 aliphatic heterocycles. The summed E-state index contributed by atoms with van der Waals surface area (Å²) in [6.45, 7) is 0.352. The second kappa shape index (κ2) is 5.27. The van der Waals surface area contributed by atoms with Gasteiger partial charge < -0.3 is 19.8 Å². The minimum atomic E-state index is -1.11. The van der Waals surface area contributed by atoms with Crippen LogP contribution in [0.1, 0.15) is 16.8 Å². The van der Waals surface area contributed by atoms with Gasteiger partial charge in [-0.15, -0.1) is 0 Å². The molecular weight excluding hydrogens is 250 g/mol. The van der Waals surface area contributed by atoms with Crippen LogP contribution >= 0.6 is 0 Å². The Morgan fingerprint density at radius 1 is 1.53 bits per heavy atom. The third-order valence-electron chi connectivity index (χ3n) is 3.19. The molecule has 6 heteroatoms. The van der Waals surface area contributed by atoms with E-state index in [-0.39, 0.29) is 36.2 Å². The van der Waals surface area contributed by atoms with Crippen LogP contribution in [0.15, 0.2) is 18.2 Å². The van der Waals surface area contributed by atoms with Crippen LogP contribution in [0.5, 0.6) is 5.75 Å². The van der Waals surface area contributed by atoms with Gasteiger partial charge in [-0.3, -0.25) is 4.79 Å². The maximum absolute atomic E-state index is 11.8. The number of ether oxygens (including phenoxy) is 1. The van der Waals surface area contributed by atoms with E-state index in [4.69, 9.17) is 14.9 Å². The number of carbonyl (C=O) groups excluding carboxylic acids is 1. The number of amides is 1. The number of aliphatic hydroxyl groups is 1. The second-order valence-electron chi connectivity index (χ2n) is 4.45. The van der Waals surface area contributed by atoms with Crippen molar-refractivity contribution in [2.24, 2.45) is 5.92 Å². The molecule has 19 heavy (non-hydrogen) atoms. The zero-order chi connectivity index (χ0) is 14.0. The SMILES string of the molecule is COc1ccc(N2CC(CO)CC2=O)cc1C(=O)O. The lowest BCUT2D eigenvalue weighted by atomic mass is 10.1. The predicted molar refractivity (Wildman–Crippen MR) is 67.5 cm³/mol. The second-order valence-corrected chi connectivity index (χ2v) is 4.45. The molecule has 0 bridgehead atoms. The lowest BCUT2D eigenvalue weighted by Crippen LogP contribution is -2.25. The van der Waals surface area contributed by atoms with Gasteiger partial charge in [0.05, 0.1) is 7.11 Å². The molecule has 1 aliphatic rings. The zero-order valence-electron chi connectivity index (χ0n) is 10.5.